The van der Waals surface area contributed by atoms with Crippen LogP contribution in [-0.2, 0) is 0 Å². The molecule has 0 heterocycles. The zero-order chi connectivity index (χ0) is 31.4. The second-order valence-electron chi connectivity index (χ2n) is 18.4. The Morgan fingerprint density at radius 3 is 2.00 bits per heavy atom. The van der Waals surface area contributed by atoms with Crippen LogP contribution >= 0.6 is 0 Å². The van der Waals surface area contributed by atoms with E-state index in [2.05, 4.69) is 110 Å². The Kier molecular flexibility index (Phi) is 8.27. The summed E-state index contributed by atoms with van der Waals surface area (Å²) in [5.41, 5.74) is 7.69. The van der Waals surface area contributed by atoms with Gasteiger partial charge in [-0.2, -0.15) is 0 Å². The summed E-state index contributed by atoms with van der Waals surface area (Å²) >= 11 is 0. The van der Waals surface area contributed by atoms with Crippen LogP contribution in [0.4, 0.5) is 0 Å². The highest BCUT2D eigenvalue weighted by molar-refractivity contribution is 5.40. The van der Waals surface area contributed by atoms with Crippen LogP contribution in [-0.4, -0.2) is 0 Å². The number of hydrogen-bond donors (Lipinski definition) is 0. The minimum absolute atomic E-state index is 0.180. The van der Waals surface area contributed by atoms with Gasteiger partial charge in [0.15, 0.2) is 0 Å². The van der Waals surface area contributed by atoms with Gasteiger partial charge in [0.05, 0.1) is 0 Å². The molecule has 0 aliphatic heterocycles. The van der Waals surface area contributed by atoms with Crippen molar-refractivity contribution in [1.29, 1.82) is 0 Å². The van der Waals surface area contributed by atoms with Gasteiger partial charge in [-0.1, -0.05) is 138 Å². The monoisotopic (exact) mass is 575 g/mol. The molecule has 0 saturated heterocycles. The van der Waals surface area contributed by atoms with Gasteiger partial charge in [0, 0.05) is 0 Å². The zero-order valence-electron chi connectivity index (χ0n) is 30.7. The van der Waals surface area contributed by atoms with Crippen LogP contribution in [0.5, 0.6) is 0 Å². The highest BCUT2D eigenvalue weighted by Gasteiger charge is 2.71. The van der Waals surface area contributed by atoms with Gasteiger partial charge in [-0.25, -0.2) is 0 Å². The van der Waals surface area contributed by atoms with Crippen molar-refractivity contribution < 1.29 is 0 Å². The first-order valence-electron chi connectivity index (χ1n) is 18.5. The molecule has 42 heavy (non-hydrogen) atoms. The van der Waals surface area contributed by atoms with E-state index >= 15 is 0 Å². The molecule has 5 aliphatic carbocycles. The summed E-state index contributed by atoms with van der Waals surface area (Å²) in [6.07, 6.45) is 8.49. The third-order valence-electron chi connectivity index (χ3n) is 17.3. The molecule has 5 aliphatic rings. The topological polar surface area (TPSA) is 0 Å². The zero-order valence-corrected chi connectivity index (χ0v) is 30.7. The molecule has 0 bridgehead atoms. The van der Waals surface area contributed by atoms with Crippen LogP contribution in [0.25, 0.3) is 0 Å². The second-order valence-corrected chi connectivity index (χ2v) is 18.4. The molecular weight excluding hydrogens is 504 g/mol. The molecule has 4 fully saturated rings. The Balaban J connectivity index is 1.74. The second kappa shape index (κ2) is 10.6. The Morgan fingerprint density at radius 1 is 0.810 bits per heavy atom. The SMILES string of the molecule is C=C1C2C(C)CCCC2/C(=C\C2C(C)C(C)=C(C)C(C)C2C)C2(C)C1C(C)C1(C)C(C)C(C(C)C)C(C)CC1(C)C2C. The molecule has 0 radical (unpaired) electrons. The summed E-state index contributed by atoms with van der Waals surface area (Å²) in [6, 6.07) is 0. The lowest BCUT2D eigenvalue weighted by Crippen LogP contribution is -2.69. The molecular formula is C42H70. The first-order valence-corrected chi connectivity index (χ1v) is 18.5. The van der Waals surface area contributed by atoms with E-state index in [1.165, 1.54) is 25.7 Å². The number of hydrogen-bond acceptors (Lipinski definition) is 0. The summed E-state index contributed by atoms with van der Waals surface area (Å²) in [4.78, 5) is 0. The summed E-state index contributed by atoms with van der Waals surface area (Å²) in [5.74, 6) is 9.66. The third-order valence-corrected chi connectivity index (χ3v) is 17.3. The maximum absolute atomic E-state index is 5.16. The first kappa shape index (κ1) is 32.6. The quantitative estimate of drug-likeness (QED) is 0.288. The average Bonchev–Trinajstić information content (AvgIpc) is 2.91. The lowest BCUT2D eigenvalue weighted by molar-refractivity contribution is -0.236. The summed E-state index contributed by atoms with van der Waals surface area (Å²) in [7, 11) is 0. The van der Waals surface area contributed by atoms with E-state index < -0.39 is 0 Å². The molecule has 0 amide bonds. The highest BCUT2D eigenvalue weighted by Crippen LogP contribution is 2.78. The lowest BCUT2D eigenvalue weighted by Gasteiger charge is -2.75. The molecule has 238 valence electrons. The molecule has 0 nitrogen and oxygen atoms in total. The van der Waals surface area contributed by atoms with E-state index in [0.717, 1.165) is 29.6 Å². The van der Waals surface area contributed by atoms with Gasteiger partial charge < -0.3 is 0 Å². The fourth-order valence-electron chi connectivity index (χ4n) is 14.2. The molecule has 0 aromatic rings. The van der Waals surface area contributed by atoms with Gasteiger partial charge in [-0.05, 0) is 126 Å². The van der Waals surface area contributed by atoms with Gasteiger partial charge >= 0.3 is 0 Å². The van der Waals surface area contributed by atoms with E-state index in [0.29, 0.717) is 64.1 Å². The van der Waals surface area contributed by atoms with Crippen LogP contribution in [0.3, 0.4) is 0 Å². The van der Waals surface area contributed by atoms with Crippen molar-refractivity contribution in [2.45, 2.75) is 130 Å². The number of rotatable bonds is 2. The van der Waals surface area contributed by atoms with Crippen molar-refractivity contribution in [3.05, 3.63) is 34.9 Å². The van der Waals surface area contributed by atoms with Gasteiger partial charge in [0.25, 0.3) is 0 Å². The maximum Gasteiger partial charge on any atom is -0.00142 e. The average molecular weight is 575 g/mol. The minimum atomic E-state index is 0.180. The fraction of sp³-hybridized carbons (Fsp3) is 0.857. The van der Waals surface area contributed by atoms with E-state index in [9.17, 15) is 0 Å². The summed E-state index contributed by atoms with van der Waals surface area (Å²) in [6.45, 7) is 44.2. The van der Waals surface area contributed by atoms with E-state index in [4.69, 9.17) is 6.58 Å². The van der Waals surface area contributed by atoms with Gasteiger partial charge in [0.1, 0.15) is 0 Å². The van der Waals surface area contributed by atoms with Crippen LogP contribution in [0.1, 0.15) is 130 Å². The number of fused-ring (bicyclic) bond motifs is 3. The maximum atomic E-state index is 5.16. The molecule has 0 aromatic carbocycles. The molecule has 4 saturated carbocycles. The van der Waals surface area contributed by atoms with E-state index in [1.807, 2.05) is 5.57 Å². The van der Waals surface area contributed by atoms with Gasteiger partial charge in [-0.3, -0.25) is 0 Å². The van der Waals surface area contributed by atoms with E-state index in [1.54, 1.807) is 16.7 Å². The van der Waals surface area contributed by atoms with Crippen molar-refractivity contribution >= 4 is 0 Å². The third kappa shape index (κ3) is 4.03. The van der Waals surface area contributed by atoms with Gasteiger partial charge in [-0.15, -0.1) is 0 Å². The van der Waals surface area contributed by atoms with Crippen molar-refractivity contribution in [2.24, 2.45) is 99.1 Å². The Hall–Kier alpha value is -0.780. The molecule has 0 heteroatoms. The fourth-order valence-corrected chi connectivity index (χ4v) is 14.2. The standard InChI is InChI=1S/C42H70/c1-22(2)37-24(4)21-40(14)33(13)41(15)36(20-35-28(8)26(6)25(5)27(7)29(35)9)34-19-17-18-23(3)38(34)30(10)39(41)32(12)42(40,16)31(37)11/h20,22-24,26,28-29,31-35,37-39H,10,17-19,21H2,1-9,11-16H3/b36-20+. The van der Waals surface area contributed by atoms with Crippen molar-refractivity contribution in [2.75, 3.05) is 0 Å². The predicted octanol–water partition coefficient (Wildman–Crippen LogP) is 12.3. The Labute approximate surface area is 263 Å². The molecule has 0 aromatic heterocycles. The van der Waals surface area contributed by atoms with Crippen LogP contribution < -0.4 is 0 Å². The van der Waals surface area contributed by atoms with Gasteiger partial charge in [0.2, 0.25) is 0 Å². The number of allylic oxidation sites excluding steroid dienone is 5. The Morgan fingerprint density at radius 2 is 1.40 bits per heavy atom. The van der Waals surface area contributed by atoms with Crippen molar-refractivity contribution in [3.8, 4) is 0 Å². The Bertz CT molecular complexity index is 1130. The van der Waals surface area contributed by atoms with Crippen LogP contribution in [0, 0.1) is 99.1 Å². The lowest BCUT2D eigenvalue weighted by atomic mass is 9.29. The summed E-state index contributed by atoms with van der Waals surface area (Å²) < 4.78 is 0. The normalized spacial score (nSPS) is 55.9. The van der Waals surface area contributed by atoms with Crippen molar-refractivity contribution in [1.82, 2.24) is 0 Å². The molecule has 16 unspecified atom stereocenters. The first-order chi connectivity index (χ1) is 19.4. The highest BCUT2D eigenvalue weighted by atomic mass is 14.8. The van der Waals surface area contributed by atoms with E-state index in [-0.39, 0.29) is 5.41 Å². The summed E-state index contributed by atoms with van der Waals surface area (Å²) in [5, 5.41) is 0. The van der Waals surface area contributed by atoms with Crippen LogP contribution in [0.2, 0.25) is 0 Å². The molecule has 0 spiro atoms. The largest absolute Gasteiger partial charge is 0.0992 e. The smallest absolute Gasteiger partial charge is 0.00142 e. The van der Waals surface area contributed by atoms with Crippen LogP contribution in [0.15, 0.2) is 34.9 Å². The molecule has 16 atom stereocenters. The predicted molar refractivity (Wildman–Crippen MR) is 184 cm³/mol. The molecule has 5 rings (SSSR count). The minimum Gasteiger partial charge on any atom is -0.0992 e. The molecule has 0 N–H and O–H groups in total. The van der Waals surface area contributed by atoms with Crippen molar-refractivity contribution in [3.63, 3.8) is 0 Å².